The van der Waals surface area contributed by atoms with Crippen molar-refractivity contribution in [3.63, 3.8) is 0 Å². The molecule has 1 heterocycles. The van der Waals surface area contributed by atoms with Gasteiger partial charge in [-0.05, 0) is 63.0 Å². The highest BCUT2D eigenvalue weighted by Gasteiger charge is 2.31. The molecule has 0 aromatic heterocycles. The molecule has 1 fully saturated rings. The molecular weight excluding hydrogens is 468 g/mol. The van der Waals surface area contributed by atoms with E-state index in [9.17, 15) is 10.1 Å². The molecule has 0 spiro atoms. The fourth-order valence-electron chi connectivity index (χ4n) is 5.07. The lowest BCUT2D eigenvalue weighted by Crippen LogP contribution is -2.46. The molecule has 2 rings (SSSR count). The Balaban J connectivity index is 0.00000352. The van der Waals surface area contributed by atoms with Crippen LogP contribution in [0.4, 0.5) is 0 Å². The minimum absolute atomic E-state index is 0.0142. The zero-order chi connectivity index (χ0) is 28.5. The van der Waals surface area contributed by atoms with Gasteiger partial charge in [0.2, 0.25) is 5.91 Å². The summed E-state index contributed by atoms with van der Waals surface area (Å²) in [5.74, 6) is 0.470. The number of nitriles is 1. The maximum Gasteiger partial charge on any atom is 0.237 e. The molecule has 1 N–H and O–H groups in total. The van der Waals surface area contributed by atoms with E-state index in [1.807, 2.05) is 26.8 Å². The highest BCUT2D eigenvalue weighted by molar-refractivity contribution is 5.79. The summed E-state index contributed by atoms with van der Waals surface area (Å²) in [6.45, 7) is 21.3. The normalized spacial score (nSPS) is 18.1. The predicted molar refractivity (Wildman–Crippen MR) is 162 cm³/mol. The lowest BCUT2D eigenvalue weighted by atomic mass is 9.90. The van der Waals surface area contributed by atoms with Gasteiger partial charge in [0.15, 0.2) is 0 Å². The van der Waals surface area contributed by atoms with Crippen LogP contribution in [0.5, 0.6) is 0 Å². The highest BCUT2D eigenvalue weighted by Crippen LogP contribution is 2.34. The highest BCUT2D eigenvalue weighted by atomic mass is 16.2. The average Bonchev–Trinajstić information content (AvgIpc) is 3.41. The van der Waals surface area contributed by atoms with Gasteiger partial charge in [-0.15, -0.1) is 6.58 Å². The van der Waals surface area contributed by atoms with E-state index in [1.165, 1.54) is 29.5 Å². The van der Waals surface area contributed by atoms with Gasteiger partial charge in [-0.2, -0.15) is 5.26 Å². The predicted octanol–water partition coefficient (Wildman–Crippen LogP) is 7.07. The van der Waals surface area contributed by atoms with E-state index >= 15 is 0 Å². The summed E-state index contributed by atoms with van der Waals surface area (Å²) >= 11 is 0. The number of nitrogens with zero attached hydrogens (tertiary/aromatic N) is 3. The molecular formula is C33H54N4O. The van der Waals surface area contributed by atoms with Gasteiger partial charge in [-0.3, -0.25) is 9.69 Å². The first-order valence-electron chi connectivity index (χ1n) is 14.9. The van der Waals surface area contributed by atoms with E-state index in [-0.39, 0.29) is 24.5 Å². The van der Waals surface area contributed by atoms with Crippen LogP contribution in [0.15, 0.2) is 48.6 Å². The number of allylic oxidation sites excluding steroid dienone is 2. The molecule has 0 radical (unpaired) electrons. The Morgan fingerprint density at radius 3 is 2.61 bits per heavy atom. The summed E-state index contributed by atoms with van der Waals surface area (Å²) in [5.41, 5.74) is 4.25. The average molecular weight is 523 g/mol. The van der Waals surface area contributed by atoms with Gasteiger partial charge < -0.3 is 10.2 Å². The first-order valence-corrected chi connectivity index (χ1v) is 14.9. The minimum atomic E-state index is -0.394. The number of likely N-dealkylation sites (tertiary alicyclic amines) is 1. The van der Waals surface area contributed by atoms with Crippen LogP contribution >= 0.6 is 0 Å². The maximum atomic E-state index is 12.8. The monoisotopic (exact) mass is 522 g/mol. The van der Waals surface area contributed by atoms with E-state index < -0.39 is 6.04 Å². The van der Waals surface area contributed by atoms with E-state index in [1.54, 1.807) is 11.8 Å². The second-order valence-electron chi connectivity index (χ2n) is 10.4. The van der Waals surface area contributed by atoms with Crippen molar-refractivity contribution in [2.24, 2.45) is 5.92 Å². The van der Waals surface area contributed by atoms with Crippen molar-refractivity contribution in [1.29, 1.82) is 5.26 Å². The van der Waals surface area contributed by atoms with Crippen LogP contribution in [-0.2, 0) is 11.2 Å². The molecule has 0 saturated carbocycles. The van der Waals surface area contributed by atoms with Crippen LogP contribution in [0.3, 0.4) is 0 Å². The van der Waals surface area contributed by atoms with Crippen LogP contribution < -0.4 is 5.32 Å². The van der Waals surface area contributed by atoms with Crippen LogP contribution in [0.25, 0.3) is 0 Å². The van der Waals surface area contributed by atoms with Crippen LogP contribution in [0.1, 0.15) is 97.7 Å². The number of hydrogen-bond acceptors (Lipinski definition) is 4. The Morgan fingerprint density at radius 1 is 1.26 bits per heavy atom. The van der Waals surface area contributed by atoms with Crippen molar-refractivity contribution < 1.29 is 4.79 Å². The molecule has 4 atom stereocenters. The minimum Gasteiger partial charge on any atom is -0.326 e. The van der Waals surface area contributed by atoms with E-state index in [4.69, 9.17) is 0 Å². The van der Waals surface area contributed by atoms with Gasteiger partial charge in [-0.1, -0.05) is 83.0 Å². The Labute approximate surface area is 234 Å². The zero-order valence-electron chi connectivity index (χ0n) is 25.3. The molecule has 1 aliphatic heterocycles. The Hall–Kier alpha value is -2.42. The number of benzene rings is 1. The van der Waals surface area contributed by atoms with E-state index in [0.29, 0.717) is 12.5 Å². The summed E-state index contributed by atoms with van der Waals surface area (Å²) in [4.78, 5) is 17.1. The first-order chi connectivity index (χ1) is 18.4. The molecule has 4 unspecified atom stereocenters. The Kier molecular flexibility index (Phi) is 16.6. The van der Waals surface area contributed by atoms with Crippen LogP contribution in [0.2, 0.25) is 0 Å². The van der Waals surface area contributed by atoms with Crippen molar-refractivity contribution in [3.05, 3.63) is 59.7 Å². The number of carbonyl (C=O) groups is 1. The lowest BCUT2D eigenvalue weighted by molar-refractivity contribution is -0.131. The summed E-state index contributed by atoms with van der Waals surface area (Å²) in [6, 6.07) is 11.3. The zero-order valence-corrected chi connectivity index (χ0v) is 25.3. The molecule has 0 bridgehead atoms. The molecule has 1 saturated heterocycles. The van der Waals surface area contributed by atoms with Gasteiger partial charge >= 0.3 is 0 Å². The number of aryl methyl sites for hydroxylation is 1. The first kappa shape index (κ1) is 33.6. The summed E-state index contributed by atoms with van der Waals surface area (Å²) in [6.07, 6.45) is 10.8. The second-order valence-corrected chi connectivity index (χ2v) is 10.4. The number of hydrogen-bond donors (Lipinski definition) is 1. The summed E-state index contributed by atoms with van der Waals surface area (Å²) < 4.78 is 0. The van der Waals surface area contributed by atoms with Crippen LogP contribution in [-0.4, -0.2) is 54.0 Å². The molecule has 5 nitrogen and oxygen atoms in total. The smallest absolute Gasteiger partial charge is 0.237 e. The van der Waals surface area contributed by atoms with Crippen molar-refractivity contribution in [1.82, 2.24) is 15.1 Å². The third-order valence-electron chi connectivity index (χ3n) is 7.36. The molecule has 38 heavy (non-hydrogen) atoms. The van der Waals surface area contributed by atoms with Gasteiger partial charge in [0.1, 0.15) is 6.04 Å². The number of rotatable bonds is 15. The van der Waals surface area contributed by atoms with E-state index in [2.05, 4.69) is 74.0 Å². The number of nitrogens with one attached hydrogen (secondary N) is 1. The molecule has 212 valence electrons. The Morgan fingerprint density at radius 2 is 1.97 bits per heavy atom. The van der Waals surface area contributed by atoms with Crippen molar-refractivity contribution >= 4 is 5.91 Å². The van der Waals surface area contributed by atoms with Crippen molar-refractivity contribution in [2.75, 3.05) is 26.2 Å². The molecule has 1 amide bonds. The molecule has 1 aliphatic rings. The molecule has 1 aromatic rings. The molecule has 0 aliphatic carbocycles. The van der Waals surface area contributed by atoms with Gasteiger partial charge in [-0.25, -0.2) is 0 Å². The maximum absolute atomic E-state index is 12.8. The summed E-state index contributed by atoms with van der Waals surface area (Å²) in [7, 11) is 0. The summed E-state index contributed by atoms with van der Waals surface area (Å²) in [5, 5.41) is 12.8. The second kappa shape index (κ2) is 18.8. The number of unbranched alkanes of at least 4 members (excludes halogenated alkanes) is 1. The third kappa shape index (κ3) is 10.4. The van der Waals surface area contributed by atoms with Gasteiger partial charge in [0, 0.05) is 25.7 Å². The molecule has 5 heteroatoms. The Bertz CT molecular complexity index is 903. The SMILES string of the molecule is C=CC(C)C/C=C(\C)C(c1ccccc1CCCC)N1CCC(NCC(=O)N(CCC)C(C)C#N)C1.CC. The number of carbonyl (C=O) groups excluding carboxylic acids is 1. The molecule has 1 aromatic carbocycles. The van der Waals surface area contributed by atoms with Gasteiger partial charge in [0.25, 0.3) is 0 Å². The third-order valence-corrected chi connectivity index (χ3v) is 7.36. The van der Waals surface area contributed by atoms with Crippen molar-refractivity contribution in [2.45, 2.75) is 105 Å². The fraction of sp³-hybridized carbons (Fsp3) is 0.636. The largest absolute Gasteiger partial charge is 0.326 e. The fourth-order valence-corrected chi connectivity index (χ4v) is 5.07. The van der Waals surface area contributed by atoms with Gasteiger partial charge in [0.05, 0.1) is 18.7 Å². The van der Waals surface area contributed by atoms with Crippen LogP contribution in [0, 0.1) is 17.2 Å². The topological polar surface area (TPSA) is 59.4 Å². The number of amides is 1. The quantitative estimate of drug-likeness (QED) is 0.250. The standard InChI is InChI=1S/C31H48N4O.C2H6/c1-7-10-13-27-14-11-12-15-29(27)31(25(5)17-16-24(4)9-3)34-20-18-28(23-34)33-22-30(36)35(19-8-2)26(6)21-32;1-2/h9,11-12,14-15,17,24,26,28,31,33H,3,7-8,10,13,16,18-20,22-23H2,1-2,4-6H3;1-2H3/b25-17+;. The lowest BCUT2D eigenvalue weighted by Gasteiger charge is -2.31. The van der Waals surface area contributed by atoms with Crippen molar-refractivity contribution in [3.8, 4) is 6.07 Å². The van der Waals surface area contributed by atoms with E-state index in [0.717, 1.165) is 38.8 Å².